The third kappa shape index (κ3) is 2.74. The Balaban J connectivity index is 2.01. The minimum atomic E-state index is -0.546. The van der Waals surface area contributed by atoms with Gasteiger partial charge in [-0.2, -0.15) is 0 Å². The van der Waals surface area contributed by atoms with E-state index in [9.17, 15) is 4.79 Å². The van der Waals surface area contributed by atoms with Crippen LogP contribution in [-0.2, 0) is 4.74 Å². The van der Waals surface area contributed by atoms with Gasteiger partial charge >= 0.3 is 0 Å². The molecule has 1 saturated heterocycles. The van der Waals surface area contributed by atoms with E-state index in [4.69, 9.17) is 14.5 Å². The summed E-state index contributed by atoms with van der Waals surface area (Å²) >= 11 is 0. The zero-order valence-corrected chi connectivity index (χ0v) is 11.3. The number of ether oxygens (including phenoxy) is 1. The van der Waals surface area contributed by atoms with Crippen molar-refractivity contribution in [2.24, 2.45) is 0 Å². The van der Waals surface area contributed by atoms with E-state index in [-0.39, 0.29) is 0 Å². The first-order valence-corrected chi connectivity index (χ1v) is 6.60. The normalized spacial score (nSPS) is 15.0. The number of anilines is 1. The van der Waals surface area contributed by atoms with Crippen LogP contribution in [0.2, 0.25) is 0 Å². The summed E-state index contributed by atoms with van der Waals surface area (Å²) < 4.78 is 10.1. The van der Waals surface area contributed by atoms with Crippen LogP contribution < -0.4 is 10.4 Å². The highest BCUT2D eigenvalue weighted by molar-refractivity contribution is 6.00. The standard InChI is InChI=1S/C14H15N3O4/c18-14(16-19)12-7-10(11-8-15-21-9-11)1-2-13(12)17-3-5-20-6-4-17/h1-2,7-9,19H,3-6H2,(H,16,18). The van der Waals surface area contributed by atoms with Crippen molar-refractivity contribution in [1.29, 1.82) is 0 Å². The summed E-state index contributed by atoms with van der Waals surface area (Å²) in [6, 6.07) is 5.46. The van der Waals surface area contributed by atoms with Crippen molar-refractivity contribution in [3.8, 4) is 11.1 Å². The number of carbonyl (C=O) groups is 1. The molecule has 0 atom stereocenters. The number of amides is 1. The smallest absolute Gasteiger partial charge is 0.276 e. The van der Waals surface area contributed by atoms with Crippen molar-refractivity contribution in [3.05, 3.63) is 36.2 Å². The molecule has 0 bridgehead atoms. The number of hydroxylamine groups is 1. The summed E-state index contributed by atoms with van der Waals surface area (Å²) in [6.07, 6.45) is 3.08. The molecule has 2 aromatic rings. The summed E-state index contributed by atoms with van der Waals surface area (Å²) in [6.45, 7) is 2.65. The van der Waals surface area contributed by atoms with E-state index < -0.39 is 5.91 Å². The molecule has 0 saturated carbocycles. The number of benzene rings is 1. The van der Waals surface area contributed by atoms with Crippen molar-refractivity contribution in [3.63, 3.8) is 0 Å². The monoisotopic (exact) mass is 289 g/mol. The molecular formula is C14H15N3O4. The topological polar surface area (TPSA) is 87.8 Å². The Morgan fingerprint density at radius 1 is 1.29 bits per heavy atom. The van der Waals surface area contributed by atoms with E-state index in [2.05, 4.69) is 10.1 Å². The first kappa shape index (κ1) is 13.6. The SMILES string of the molecule is O=C(NO)c1cc(-c2cnoc2)ccc1N1CCOCC1. The van der Waals surface area contributed by atoms with Gasteiger partial charge in [-0.3, -0.25) is 10.0 Å². The maximum absolute atomic E-state index is 11.9. The molecule has 0 unspecified atom stereocenters. The van der Waals surface area contributed by atoms with Crippen LogP contribution in [0.15, 0.2) is 35.2 Å². The van der Waals surface area contributed by atoms with Crippen LogP contribution in [0.5, 0.6) is 0 Å². The number of carbonyl (C=O) groups excluding carboxylic acids is 1. The molecule has 2 N–H and O–H groups in total. The first-order chi connectivity index (χ1) is 10.3. The molecular weight excluding hydrogens is 274 g/mol. The summed E-state index contributed by atoms with van der Waals surface area (Å²) in [4.78, 5) is 14.0. The maximum atomic E-state index is 11.9. The zero-order valence-electron chi connectivity index (χ0n) is 11.3. The summed E-state index contributed by atoms with van der Waals surface area (Å²) in [5.74, 6) is -0.546. The molecule has 110 valence electrons. The lowest BCUT2D eigenvalue weighted by atomic mass is 10.0. The second kappa shape index (κ2) is 5.94. The van der Waals surface area contributed by atoms with E-state index in [0.29, 0.717) is 31.9 Å². The van der Waals surface area contributed by atoms with Crippen LogP contribution in [0.25, 0.3) is 11.1 Å². The molecule has 1 aliphatic rings. The predicted molar refractivity (Wildman–Crippen MR) is 74.2 cm³/mol. The molecule has 2 heterocycles. The van der Waals surface area contributed by atoms with E-state index in [1.165, 1.54) is 6.26 Å². The maximum Gasteiger partial charge on any atom is 0.276 e. The lowest BCUT2D eigenvalue weighted by Crippen LogP contribution is -2.37. The molecule has 0 spiro atoms. The summed E-state index contributed by atoms with van der Waals surface area (Å²) in [7, 11) is 0. The van der Waals surface area contributed by atoms with Crippen molar-refractivity contribution < 1.29 is 19.3 Å². The van der Waals surface area contributed by atoms with Crippen LogP contribution in [-0.4, -0.2) is 42.6 Å². The Morgan fingerprint density at radius 3 is 2.76 bits per heavy atom. The molecule has 1 aromatic heterocycles. The fraction of sp³-hybridized carbons (Fsp3) is 0.286. The van der Waals surface area contributed by atoms with Crippen molar-refractivity contribution in [2.75, 3.05) is 31.2 Å². The number of hydrogen-bond donors (Lipinski definition) is 2. The van der Waals surface area contributed by atoms with Crippen molar-refractivity contribution in [2.45, 2.75) is 0 Å². The van der Waals surface area contributed by atoms with Gasteiger partial charge in [0.15, 0.2) is 0 Å². The predicted octanol–water partition coefficient (Wildman–Crippen LogP) is 1.30. The second-order valence-corrected chi connectivity index (χ2v) is 4.69. The van der Waals surface area contributed by atoms with Crippen LogP contribution in [0.4, 0.5) is 5.69 Å². The number of nitrogens with one attached hydrogen (secondary N) is 1. The van der Waals surface area contributed by atoms with Gasteiger partial charge in [0.2, 0.25) is 0 Å². The fourth-order valence-corrected chi connectivity index (χ4v) is 2.39. The minimum absolute atomic E-state index is 0.401. The van der Waals surface area contributed by atoms with Crippen LogP contribution in [0.3, 0.4) is 0 Å². The molecule has 1 amide bonds. The lowest BCUT2D eigenvalue weighted by Gasteiger charge is -2.30. The zero-order chi connectivity index (χ0) is 14.7. The third-order valence-electron chi connectivity index (χ3n) is 3.46. The molecule has 1 aliphatic heterocycles. The van der Waals surface area contributed by atoms with E-state index in [0.717, 1.165) is 16.8 Å². The summed E-state index contributed by atoms with van der Waals surface area (Å²) in [5.41, 5.74) is 4.44. The highest BCUT2D eigenvalue weighted by atomic mass is 16.5. The highest BCUT2D eigenvalue weighted by Gasteiger charge is 2.19. The van der Waals surface area contributed by atoms with Gasteiger partial charge in [-0.05, 0) is 17.7 Å². The van der Waals surface area contributed by atoms with Crippen LogP contribution in [0, 0.1) is 0 Å². The summed E-state index contributed by atoms with van der Waals surface area (Å²) in [5, 5.41) is 12.6. The van der Waals surface area contributed by atoms with E-state index in [1.54, 1.807) is 17.7 Å². The van der Waals surface area contributed by atoms with Crippen molar-refractivity contribution in [1.82, 2.24) is 10.6 Å². The molecule has 21 heavy (non-hydrogen) atoms. The lowest BCUT2D eigenvalue weighted by molar-refractivity contribution is 0.0706. The van der Waals surface area contributed by atoms with Gasteiger partial charge in [0.25, 0.3) is 5.91 Å². The first-order valence-electron chi connectivity index (χ1n) is 6.60. The average Bonchev–Trinajstić information content (AvgIpc) is 3.09. The molecule has 1 fully saturated rings. The molecule has 7 nitrogen and oxygen atoms in total. The third-order valence-corrected chi connectivity index (χ3v) is 3.46. The van der Waals surface area contributed by atoms with Gasteiger partial charge in [0, 0.05) is 24.3 Å². The average molecular weight is 289 g/mol. The molecule has 1 aromatic carbocycles. The van der Waals surface area contributed by atoms with Gasteiger partial charge in [0.1, 0.15) is 6.26 Å². The highest BCUT2D eigenvalue weighted by Crippen LogP contribution is 2.28. The van der Waals surface area contributed by atoms with Gasteiger partial charge in [-0.15, -0.1) is 0 Å². The van der Waals surface area contributed by atoms with Crippen molar-refractivity contribution >= 4 is 11.6 Å². The largest absolute Gasteiger partial charge is 0.378 e. The second-order valence-electron chi connectivity index (χ2n) is 4.69. The van der Waals surface area contributed by atoms with Gasteiger partial charge in [0.05, 0.1) is 25.0 Å². The molecule has 7 heteroatoms. The van der Waals surface area contributed by atoms with Crippen LogP contribution in [0.1, 0.15) is 10.4 Å². The Labute approximate surface area is 121 Å². The fourth-order valence-electron chi connectivity index (χ4n) is 2.39. The number of morpholine rings is 1. The minimum Gasteiger partial charge on any atom is -0.378 e. The molecule has 0 aliphatic carbocycles. The number of hydrogen-bond acceptors (Lipinski definition) is 6. The Bertz CT molecular complexity index is 621. The molecule has 0 radical (unpaired) electrons. The molecule has 3 rings (SSSR count). The van der Waals surface area contributed by atoms with E-state index >= 15 is 0 Å². The van der Waals surface area contributed by atoms with Crippen LogP contribution >= 0.6 is 0 Å². The van der Waals surface area contributed by atoms with Gasteiger partial charge in [-0.25, -0.2) is 5.48 Å². The number of nitrogens with zero attached hydrogens (tertiary/aromatic N) is 2. The van der Waals surface area contributed by atoms with Gasteiger partial charge < -0.3 is 14.2 Å². The quantitative estimate of drug-likeness (QED) is 0.654. The van der Waals surface area contributed by atoms with E-state index in [1.807, 2.05) is 12.1 Å². The Morgan fingerprint density at radius 2 is 2.10 bits per heavy atom. The number of rotatable bonds is 3. The Kier molecular flexibility index (Phi) is 3.85. The van der Waals surface area contributed by atoms with Gasteiger partial charge in [-0.1, -0.05) is 11.2 Å². The Hall–Kier alpha value is -2.38. The number of aromatic nitrogens is 1.